The Morgan fingerprint density at radius 1 is 1.10 bits per heavy atom. The number of esters is 1. The average molecular weight is 286 g/mol. The largest absolute Gasteiger partial charge is 0.490 e. The van der Waals surface area contributed by atoms with E-state index in [1.54, 1.807) is 31.2 Å². The Hall–Kier alpha value is -2.33. The lowest BCUT2D eigenvalue weighted by molar-refractivity contribution is 0.00757. The Labute approximate surface area is 123 Å². The highest BCUT2D eigenvalue weighted by molar-refractivity contribution is 5.89. The molecule has 1 unspecified atom stereocenters. The highest BCUT2D eigenvalue weighted by Crippen LogP contribution is 2.22. The Balaban J connectivity index is 2.01. The third-order valence-corrected chi connectivity index (χ3v) is 3.19. The zero-order chi connectivity index (χ0) is 15.3. The molecule has 0 spiro atoms. The van der Waals surface area contributed by atoms with Crippen molar-refractivity contribution in [3.63, 3.8) is 0 Å². The van der Waals surface area contributed by atoms with Gasteiger partial charge in [0.1, 0.15) is 18.0 Å². The van der Waals surface area contributed by atoms with Gasteiger partial charge < -0.3 is 14.6 Å². The second kappa shape index (κ2) is 6.41. The third kappa shape index (κ3) is 3.83. The standard InChI is InChI=1S/C17H18O4/c1-17(19,14-6-4-3-5-7-14)12-21-15-10-8-13(9-11-15)16(18)20-2/h3-11,19H,12H2,1-2H3. The molecular formula is C17H18O4. The smallest absolute Gasteiger partial charge is 0.337 e. The van der Waals surface area contributed by atoms with Crippen LogP contribution in [0.1, 0.15) is 22.8 Å². The lowest BCUT2D eigenvalue weighted by Crippen LogP contribution is -2.29. The lowest BCUT2D eigenvalue weighted by atomic mass is 9.97. The van der Waals surface area contributed by atoms with E-state index in [0.717, 1.165) is 5.56 Å². The van der Waals surface area contributed by atoms with Gasteiger partial charge >= 0.3 is 5.97 Å². The summed E-state index contributed by atoms with van der Waals surface area (Å²) in [5, 5.41) is 10.4. The molecule has 0 aromatic heterocycles. The first-order valence-electron chi connectivity index (χ1n) is 6.62. The van der Waals surface area contributed by atoms with E-state index in [9.17, 15) is 9.90 Å². The van der Waals surface area contributed by atoms with Gasteiger partial charge in [-0.3, -0.25) is 0 Å². The van der Waals surface area contributed by atoms with Gasteiger partial charge in [0.15, 0.2) is 0 Å². The summed E-state index contributed by atoms with van der Waals surface area (Å²) in [5.74, 6) is 0.191. The summed E-state index contributed by atoms with van der Waals surface area (Å²) in [5.41, 5.74) is 0.165. The molecule has 0 saturated carbocycles. The summed E-state index contributed by atoms with van der Waals surface area (Å²) in [7, 11) is 1.34. The number of methoxy groups -OCH3 is 1. The fraction of sp³-hybridized carbons (Fsp3) is 0.235. The van der Waals surface area contributed by atoms with Crippen molar-refractivity contribution in [2.75, 3.05) is 13.7 Å². The van der Waals surface area contributed by atoms with Gasteiger partial charge in [-0.05, 0) is 36.8 Å². The molecule has 1 N–H and O–H groups in total. The molecular weight excluding hydrogens is 268 g/mol. The van der Waals surface area contributed by atoms with Crippen LogP contribution in [-0.2, 0) is 10.3 Å². The summed E-state index contributed by atoms with van der Waals surface area (Å²) in [6.07, 6.45) is 0. The van der Waals surface area contributed by atoms with Crippen molar-refractivity contribution in [2.24, 2.45) is 0 Å². The number of carbonyl (C=O) groups is 1. The van der Waals surface area contributed by atoms with E-state index in [2.05, 4.69) is 4.74 Å². The van der Waals surface area contributed by atoms with Crippen LogP contribution in [0.4, 0.5) is 0 Å². The molecule has 0 saturated heterocycles. The third-order valence-electron chi connectivity index (χ3n) is 3.19. The molecule has 0 fully saturated rings. The molecule has 4 heteroatoms. The summed E-state index contributed by atoms with van der Waals surface area (Å²) in [4.78, 5) is 11.3. The molecule has 0 aliphatic rings. The Bertz CT molecular complexity index is 588. The molecule has 0 amide bonds. The van der Waals surface area contributed by atoms with Crippen molar-refractivity contribution < 1.29 is 19.4 Å². The van der Waals surface area contributed by atoms with Gasteiger partial charge in [-0.2, -0.15) is 0 Å². The molecule has 0 aliphatic heterocycles. The topological polar surface area (TPSA) is 55.8 Å². The molecule has 110 valence electrons. The minimum atomic E-state index is -1.08. The zero-order valence-corrected chi connectivity index (χ0v) is 12.1. The number of rotatable bonds is 5. The highest BCUT2D eigenvalue weighted by Gasteiger charge is 2.23. The van der Waals surface area contributed by atoms with Crippen molar-refractivity contribution in [1.29, 1.82) is 0 Å². The first kappa shape index (κ1) is 15.1. The Kier molecular flexibility index (Phi) is 4.60. The van der Waals surface area contributed by atoms with Gasteiger partial charge in [-0.15, -0.1) is 0 Å². The van der Waals surface area contributed by atoms with Crippen LogP contribution in [0.2, 0.25) is 0 Å². The van der Waals surface area contributed by atoms with Crippen LogP contribution in [0.25, 0.3) is 0 Å². The zero-order valence-electron chi connectivity index (χ0n) is 12.1. The second-order valence-electron chi connectivity index (χ2n) is 4.94. The molecule has 2 aromatic carbocycles. The lowest BCUT2D eigenvalue weighted by Gasteiger charge is -2.24. The van der Waals surface area contributed by atoms with Gasteiger partial charge in [0, 0.05) is 0 Å². The molecule has 21 heavy (non-hydrogen) atoms. The summed E-state index contributed by atoms with van der Waals surface area (Å²) >= 11 is 0. The normalized spacial score (nSPS) is 13.3. The van der Waals surface area contributed by atoms with E-state index >= 15 is 0 Å². The first-order valence-corrected chi connectivity index (χ1v) is 6.62. The van der Waals surface area contributed by atoms with E-state index in [1.165, 1.54) is 7.11 Å². The SMILES string of the molecule is COC(=O)c1ccc(OCC(C)(O)c2ccccc2)cc1. The molecule has 0 radical (unpaired) electrons. The van der Waals surface area contributed by atoms with Crippen LogP contribution in [0.3, 0.4) is 0 Å². The number of aliphatic hydroxyl groups is 1. The maximum Gasteiger partial charge on any atom is 0.337 e. The number of carbonyl (C=O) groups excluding carboxylic acids is 1. The maximum absolute atomic E-state index is 11.3. The molecule has 0 aliphatic carbocycles. The summed E-state index contributed by atoms with van der Waals surface area (Å²) < 4.78 is 10.2. The summed E-state index contributed by atoms with van der Waals surface area (Å²) in [6, 6.07) is 15.9. The van der Waals surface area contributed by atoms with E-state index in [4.69, 9.17) is 4.74 Å². The number of ether oxygens (including phenoxy) is 2. The molecule has 2 aromatic rings. The van der Waals surface area contributed by atoms with Gasteiger partial charge in [0.2, 0.25) is 0 Å². The predicted molar refractivity (Wildman–Crippen MR) is 79.3 cm³/mol. The fourth-order valence-electron chi connectivity index (χ4n) is 1.91. The molecule has 2 rings (SSSR count). The van der Waals surface area contributed by atoms with Crippen LogP contribution >= 0.6 is 0 Å². The van der Waals surface area contributed by atoms with Crippen molar-refractivity contribution in [3.8, 4) is 5.75 Å². The first-order chi connectivity index (χ1) is 10.0. The highest BCUT2D eigenvalue weighted by atomic mass is 16.5. The van der Waals surface area contributed by atoms with E-state index in [1.807, 2.05) is 30.3 Å². The Morgan fingerprint density at radius 3 is 2.29 bits per heavy atom. The predicted octanol–water partition coefficient (Wildman–Crippen LogP) is 2.76. The molecule has 1 atom stereocenters. The molecule has 0 bridgehead atoms. The molecule has 0 heterocycles. The van der Waals surface area contributed by atoms with E-state index < -0.39 is 11.6 Å². The van der Waals surface area contributed by atoms with Gasteiger partial charge in [-0.25, -0.2) is 4.79 Å². The maximum atomic E-state index is 11.3. The average Bonchev–Trinajstić information content (AvgIpc) is 2.53. The van der Waals surface area contributed by atoms with Gasteiger partial charge in [-0.1, -0.05) is 30.3 Å². The van der Waals surface area contributed by atoms with Gasteiger partial charge in [0.05, 0.1) is 12.7 Å². The van der Waals surface area contributed by atoms with E-state index in [0.29, 0.717) is 11.3 Å². The van der Waals surface area contributed by atoms with Crippen LogP contribution < -0.4 is 4.74 Å². The number of hydrogen-bond acceptors (Lipinski definition) is 4. The van der Waals surface area contributed by atoms with Crippen LogP contribution in [0.5, 0.6) is 5.75 Å². The molecule has 4 nitrogen and oxygen atoms in total. The van der Waals surface area contributed by atoms with Crippen LogP contribution in [-0.4, -0.2) is 24.8 Å². The van der Waals surface area contributed by atoms with Gasteiger partial charge in [0.25, 0.3) is 0 Å². The quantitative estimate of drug-likeness (QED) is 0.859. The number of benzene rings is 2. The van der Waals surface area contributed by atoms with Crippen LogP contribution in [0.15, 0.2) is 54.6 Å². The van der Waals surface area contributed by atoms with Crippen molar-refractivity contribution in [2.45, 2.75) is 12.5 Å². The summed E-state index contributed by atoms with van der Waals surface area (Å²) in [6.45, 7) is 1.82. The van der Waals surface area contributed by atoms with Crippen LogP contribution in [0, 0.1) is 0 Å². The minimum absolute atomic E-state index is 0.120. The Morgan fingerprint density at radius 2 is 1.71 bits per heavy atom. The van der Waals surface area contributed by atoms with Crippen molar-refractivity contribution >= 4 is 5.97 Å². The minimum Gasteiger partial charge on any atom is -0.490 e. The fourth-order valence-corrected chi connectivity index (χ4v) is 1.91. The van der Waals surface area contributed by atoms with Crippen molar-refractivity contribution in [3.05, 3.63) is 65.7 Å². The van der Waals surface area contributed by atoms with E-state index in [-0.39, 0.29) is 6.61 Å². The van der Waals surface area contributed by atoms with Crippen molar-refractivity contribution in [1.82, 2.24) is 0 Å². The monoisotopic (exact) mass is 286 g/mol. The second-order valence-corrected chi connectivity index (χ2v) is 4.94. The number of hydrogen-bond donors (Lipinski definition) is 1.